The van der Waals surface area contributed by atoms with Crippen molar-refractivity contribution < 1.29 is 23.9 Å². The van der Waals surface area contributed by atoms with Crippen LogP contribution in [0.5, 0.6) is 11.5 Å². The molecule has 0 saturated heterocycles. The summed E-state index contributed by atoms with van der Waals surface area (Å²) < 4.78 is 11.8. The van der Waals surface area contributed by atoms with E-state index in [0.717, 1.165) is 4.47 Å². The molecule has 35 heavy (non-hydrogen) atoms. The lowest BCUT2D eigenvalue weighted by Gasteiger charge is -2.10. The van der Waals surface area contributed by atoms with E-state index in [4.69, 9.17) is 9.47 Å². The second-order valence-corrected chi connectivity index (χ2v) is 7.91. The lowest BCUT2D eigenvalue weighted by atomic mass is 10.2. The molecule has 0 aliphatic rings. The van der Waals surface area contributed by atoms with Gasteiger partial charge < -0.3 is 20.1 Å². The van der Waals surface area contributed by atoms with Crippen LogP contribution >= 0.6 is 15.9 Å². The lowest BCUT2D eigenvalue weighted by Crippen LogP contribution is -2.32. The number of hydrogen-bond donors (Lipinski definition) is 3. The first-order valence-corrected chi connectivity index (χ1v) is 11.4. The Balaban J connectivity index is 1.44. The van der Waals surface area contributed by atoms with Crippen LogP contribution in [0.25, 0.3) is 0 Å². The molecule has 0 spiro atoms. The van der Waals surface area contributed by atoms with Crippen LogP contribution in [0, 0.1) is 0 Å². The summed E-state index contributed by atoms with van der Waals surface area (Å²) in [5, 5.41) is 9.02. The highest BCUT2D eigenvalue weighted by Gasteiger charge is 2.15. The van der Waals surface area contributed by atoms with Crippen LogP contribution in [-0.2, 0) is 14.4 Å². The van der Waals surface area contributed by atoms with Crippen LogP contribution in [-0.4, -0.2) is 37.1 Å². The van der Waals surface area contributed by atoms with Crippen molar-refractivity contribution in [2.24, 2.45) is 5.10 Å². The van der Waals surface area contributed by atoms with Gasteiger partial charge in [-0.25, -0.2) is 5.43 Å². The van der Waals surface area contributed by atoms with E-state index < -0.39 is 11.8 Å². The number of nitrogens with zero attached hydrogens (tertiary/aromatic N) is 1. The number of para-hydroxylation sites is 2. The quantitative estimate of drug-likeness (QED) is 0.216. The minimum Gasteiger partial charge on any atom is -0.492 e. The van der Waals surface area contributed by atoms with Gasteiger partial charge in [0.05, 0.1) is 18.5 Å². The van der Waals surface area contributed by atoms with Crippen molar-refractivity contribution in [2.75, 3.05) is 23.8 Å². The van der Waals surface area contributed by atoms with Gasteiger partial charge >= 0.3 is 11.8 Å². The number of anilines is 2. The number of halogens is 1. The number of rotatable bonds is 9. The molecule has 180 valence electrons. The fourth-order valence-corrected chi connectivity index (χ4v) is 3.04. The Kier molecular flexibility index (Phi) is 9.38. The van der Waals surface area contributed by atoms with Crippen LogP contribution in [0.2, 0.25) is 0 Å². The zero-order valence-electron chi connectivity index (χ0n) is 18.8. The van der Waals surface area contributed by atoms with Gasteiger partial charge in [-0.1, -0.05) is 28.1 Å². The van der Waals surface area contributed by atoms with Crippen LogP contribution in [0.15, 0.2) is 82.4 Å². The summed E-state index contributed by atoms with van der Waals surface area (Å²) in [6, 6.07) is 20.7. The summed E-state index contributed by atoms with van der Waals surface area (Å²) in [5.41, 5.74) is 3.88. The van der Waals surface area contributed by atoms with Crippen LogP contribution in [0.1, 0.15) is 12.5 Å². The largest absolute Gasteiger partial charge is 0.492 e. The normalized spacial score (nSPS) is 10.5. The standard InChI is InChI=1S/C25H23BrN4O5/c1-2-34-22-6-4-3-5-21(22)29-24(32)25(33)30-27-15-17-7-13-20(14-8-17)35-16-23(31)28-19-11-9-18(26)10-12-19/h3-15H,2,16H2,1H3,(H,28,31)(H,29,32)(H,30,33)/b27-15-. The average Bonchev–Trinajstić information content (AvgIpc) is 2.86. The van der Waals surface area contributed by atoms with E-state index in [0.29, 0.717) is 35.0 Å². The molecule has 9 nitrogen and oxygen atoms in total. The van der Waals surface area contributed by atoms with Crippen LogP contribution in [0.3, 0.4) is 0 Å². The molecule has 0 unspecified atom stereocenters. The molecule has 0 aliphatic heterocycles. The first-order valence-electron chi connectivity index (χ1n) is 10.6. The molecule has 0 aromatic heterocycles. The van der Waals surface area contributed by atoms with Gasteiger partial charge in [-0.15, -0.1) is 0 Å². The van der Waals surface area contributed by atoms with Gasteiger partial charge in [-0.2, -0.15) is 5.10 Å². The predicted molar refractivity (Wildman–Crippen MR) is 137 cm³/mol. The Morgan fingerprint density at radius 2 is 1.60 bits per heavy atom. The highest BCUT2D eigenvalue weighted by atomic mass is 79.9. The second-order valence-electron chi connectivity index (χ2n) is 7.00. The SMILES string of the molecule is CCOc1ccccc1NC(=O)C(=O)N/N=C\c1ccc(OCC(=O)Nc2ccc(Br)cc2)cc1. The van der Waals surface area contributed by atoms with Gasteiger partial charge in [0.1, 0.15) is 11.5 Å². The molecule has 0 heterocycles. The molecule has 0 fully saturated rings. The van der Waals surface area contributed by atoms with E-state index in [1.807, 2.05) is 19.1 Å². The first-order chi connectivity index (χ1) is 16.9. The van der Waals surface area contributed by atoms with Crippen molar-refractivity contribution in [1.29, 1.82) is 0 Å². The maximum atomic E-state index is 12.1. The molecular formula is C25H23BrN4O5. The summed E-state index contributed by atoms with van der Waals surface area (Å²) in [6.45, 7) is 2.09. The number of benzene rings is 3. The summed E-state index contributed by atoms with van der Waals surface area (Å²) in [6.07, 6.45) is 1.38. The minimum absolute atomic E-state index is 0.152. The van der Waals surface area contributed by atoms with Crippen molar-refractivity contribution in [3.8, 4) is 11.5 Å². The number of hydrazone groups is 1. The van der Waals surface area contributed by atoms with Crippen molar-refractivity contribution >= 4 is 51.2 Å². The average molecular weight is 539 g/mol. The molecule has 3 aromatic carbocycles. The smallest absolute Gasteiger partial charge is 0.329 e. The van der Waals surface area contributed by atoms with Crippen molar-refractivity contribution in [3.63, 3.8) is 0 Å². The molecule has 0 radical (unpaired) electrons. The van der Waals surface area contributed by atoms with Gasteiger partial charge in [0.25, 0.3) is 5.91 Å². The van der Waals surface area contributed by atoms with E-state index in [2.05, 4.69) is 37.1 Å². The number of carbonyl (C=O) groups excluding carboxylic acids is 3. The van der Waals surface area contributed by atoms with E-state index in [9.17, 15) is 14.4 Å². The Morgan fingerprint density at radius 1 is 0.886 bits per heavy atom. The van der Waals surface area contributed by atoms with Crippen LogP contribution in [0.4, 0.5) is 11.4 Å². The lowest BCUT2D eigenvalue weighted by molar-refractivity contribution is -0.136. The number of amides is 3. The van der Waals surface area contributed by atoms with Crippen molar-refractivity contribution in [3.05, 3.63) is 82.8 Å². The monoisotopic (exact) mass is 538 g/mol. The summed E-state index contributed by atoms with van der Waals surface area (Å²) in [5.74, 6) is -1.14. The molecule has 0 bridgehead atoms. The molecule has 0 atom stereocenters. The predicted octanol–water partition coefficient (Wildman–Crippen LogP) is 3.95. The number of carbonyl (C=O) groups is 3. The highest BCUT2D eigenvalue weighted by molar-refractivity contribution is 9.10. The molecule has 3 N–H and O–H groups in total. The molecule has 3 rings (SSSR count). The molecular weight excluding hydrogens is 516 g/mol. The molecule has 3 amide bonds. The van der Waals surface area contributed by atoms with Crippen LogP contribution < -0.4 is 25.5 Å². The highest BCUT2D eigenvalue weighted by Crippen LogP contribution is 2.23. The molecule has 3 aromatic rings. The summed E-state index contributed by atoms with van der Waals surface area (Å²) in [4.78, 5) is 36.1. The summed E-state index contributed by atoms with van der Waals surface area (Å²) in [7, 11) is 0. The Labute approximate surface area is 210 Å². The number of ether oxygens (including phenoxy) is 2. The summed E-state index contributed by atoms with van der Waals surface area (Å²) >= 11 is 3.34. The maximum Gasteiger partial charge on any atom is 0.329 e. The van der Waals surface area contributed by atoms with E-state index in [-0.39, 0.29) is 12.5 Å². The molecule has 0 saturated carbocycles. The zero-order valence-corrected chi connectivity index (χ0v) is 20.4. The number of nitrogens with one attached hydrogen (secondary N) is 3. The minimum atomic E-state index is -0.927. The van der Waals surface area contributed by atoms with Crippen molar-refractivity contribution in [1.82, 2.24) is 5.43 Å². The third-order valence-electron chi connectivity index (χ3n) is 4.40. The molecule has 0 aliphatic carbocycles. The van der Waals surface area contributed by atoms with Gasteiger partial charge in [-0.3, -0.25) is 14.4 Å². The fraction of sp³-hybridized carbons (Fsp3) is 0.120. The topological polar surface area (TPSA) is 118 Å². The second kappa shape index (κ2) is 12.9. The third kappa shape index (κ3) is 8.27. The van der Waals surface area contributed by atoms with Gasteiger partial charge in [0.2, 0.25) is 0 Å². The van der Waals surface area contributed by atoms with E-state index in [1.165, 1.54) is 6.21 Å². The van der Waals surface area contributed by atoms with Gasteiger partial charge in [-0.05, 0) is 73.2 Å². The Bertz CT molecular complexity index is 1200. The Hall–Kier alpha value is -4.18. The maximum absolute atomic E-state index is 12.1. The fourth-order valence-electron chi connectivity index (χ4n) is 2.78. The third-order valence-corrected chi connectivity index (χ3v) is 4.93. The van der Waals surface area contributed by atoms with E-state index in [1.54, 1.807) is 60.7 Å². The van der Waals surface area contributed by atoms with Gasteiger partial charge in [0, 0.05) is 10.2 Å². The zero-order chi connectivity index (χ0) is 25.0. The van der Waals surface area contributed by atoms with Crippen molar-refractivity contribution in [2.45, 2.75) is 6.92 Å². The van der Waals surface area contributed by atoms with Gasteiger partial charge in [0.15, 0.2) is 6.61 Å². The molecule has 10 heteroatoms. The first kappa shape index (κ1) is 25.4. The van der Waals surface area contributed by atoms with E-state index >= 15 is 0 Å². The Morgan fingerprint density at radius 3 is 2.31 bits per heavy atom. The number of hydrogen-bond acceptors (Lipinski definition) is 6.